The fraction of sp³-hybridized carbons (Fsp3) is 0.188. The van der Waals surface area contributed by atoms with Crippen molar-refractivity contribution in [2.75, 3.05) is 6.54 Å². The van der Waals surface area contributed by atoms with Crippen LogP contribution in [-0.2, 0) is 13.1 Å². The quantitative estimate of drug-likeness (QED) is 0.628. The lowest BCUT2D eigenvalue weighted by molar-refractivity contribution is 0.0685. The minimum atomic E-state index is -0.0608. The Morgan fingerprint density at radius 1 is 1.22 bits per heavy atom. The van der Waals surface area contributed by atoms with Gasteiger partial charge < -0.3 is 9.47 Å². The summed E-state index contributed by atoms with van der Waals surface area (Å²) < 4.78 is 2.94. The van der Waals surface area contributed by atoms with Gasteiger partial charge in [-0.2, -0.15) is 0 Å². The number of para-hydroxylation sites is 1. The van der Waals surface area contributed by atoms with E-state index < -0.39 is 0 Å². The molecule has 0 spiro atoms. The number of aromatic nitrogens is 3. The molecular formula is C16H12BrClN4O. The normalized spacial score (nSPS) is 14.3. The number of imidazole rings is 1. The molecule has 3 heterocycles. The van der Waals surface area contributed by atoms with E-state index in [1.165, 1.54) is 0 Å². The molecule has 0 unspecified atom stereocenters. The second-order valence-corrected chi connectivity index (χ2v) is 6.65. The summed E-state index contributed by atoms with van der Waals surface area (Å²) in [6.07, 6.45) is 1.70. The summed E-state index contributed by atoms with van der Waals surface area (Å²) in [5, 5.41) is 0.449. The molecule has 0 saturated carbocycles. The SMILES string of the molecule is O=C1c2nc3cccc(Br)c3n2CCN1Cc1ccc(Cl)nc1. The number of benzene rings is 1. The Hall–Kier alpha value is -1.92. The molecule has 0 radical (unpaired) electrons. The highest BCUT2D eigenvalue weighted by Gasteiger charge is 2.28. The number of rotatable bonds is 2. The Bertz CT molecular complexity index is 906. The molecule has 7 heteroatoms. The summed E-state index contributed by atoms with van der Waals surface area (Å²) in [4.78, 5) is 23.1. The molecule has 116 valence electrons. The molecule has 0 saturated heterocycles. The highest BCUT2D eigenvalue weighted by Crippen LogP contribution is 2.27. The minimum absolute atomic E-state index is 0.0608. The van der Waals surface area contributed by atoms with Crippen molar-refractivity contribution in [3.63, 3.8) is 0 Å². The van der Waals surface area contributed by atoms with Crippen molar-refractivity contribution in [3.8, 4) is 0 Å². The number of amides is 1. The number of carbonyl (C=O) groups excluding carboxylic acids is 1. The first-order valence-corrected chi connectivity index (χ1v) is 8.35. The van der Waals surface area contributed by atoms with E-state index in [1.54, 1.807) is 17.2 Å². The Labute approximate surface area is 146 Å². The first-order valence-electron chi connectivity index (χ1n) is 7.18. The van der Waals surface area contributed by atoms with Gasteiger partial charge in [0, 0.05) is 30.3 Å². The summed E-state index contributed by atoms with van der Waals surface area (Å²) in [6.45, 7) is 1.87. The predicted molar refractivity (Wildman–Crippen MR) is 91.4 cm³/mol. The zero-order valence-electron chi connectivity index (χ0n) is 12.0. The second-order valence-electron chi connectivity index (χ2n) is 5.41. The van der Waals surface area contributed by atoms with Crippen LogP contribution >= 0.6 is 27.5 Å². The van der Waals surface area contributed by atoms with Crippen LogP contribution in [0.15, 0.2) is 41.0 Å². The third-order valence-electron chi connectivity index (χ3n) is 3.95. The lowest BCUT2D eigenvalue weighted by atomic mass is 10.2. The number of pyridine rings is 1. The van der Waals surface area contributed by atoms with Crippen LogP contribution in [0.2, 0.25) is 5.15 Å². The fourth-order valence-corrected chi connectivity index (χ4v) is 3.54. The molecule has 0 fully saturated rings. The van der Waals surface area contributed by atoms with Crippen LogP contribution in [0, 0.1) is 0 Å². The van der Waals surface area contributed by atoms with Crippen LogP contribution in [0.25, 0.3) is 11.0 Å². The number of nitrogens with zero attached hydrogens (tertiary/aromatic N) is 4. The number of fused-ring (bicyclic) bond motifs is 3. The minimum Gasteiger partial charge on any atom is -0.330 e. The summed E-state index contributed by atoms with van der Waals surface area (Å²) >= 11 is 9.34. The van der Waals surface area contributed by atoms with Crippen LogP contribution < -0.4 is 0 Å². The van der Waals surface area contributed by atoms with Gasteiger partial charge in [-0.05, 0) is 39.7 Å². The van der Waals surface area contributed by atoms with Crippen molar-refractivity contribution in [2.45, 2.75) is 13.1 Å². The van der Waals surface area contributed by atoms with Crippen LogP contribution in [0.3, 0.4) is 0 Å². The molecule has 0 bridgehead atoms. The summed E-state index contributed by atoms with van der Waals surface area (Å²) in [5.41, 5.74) is 2.76. The average Bonchev–Trinajstić information content (AvgIpc) is 2.93. The lowest BCUT2D eigenvalue weighted by Gasteiger charge is -2.27. The van der Waals surface area contributed by atoms with Crippen LogP contribution in [0.5, 0.6) is 0 Å². The molecule has 0 N–H and O–H groups in total. The van der Waals surface area contributed by atoms with Gasteiger partial charge >= 0.3 is 0 Å². The third-order valence-corrected chi connectivity index (χ3v) is 4.82. The van der Waals surface area contributed by atoms with Crippen molar-refractivity contribution < 1.29 is 4.79 Å². The van der Waals surface area contributed by atoms with Gasteiger partial charge in [-0.25, -0.2) is 9.97 Å². The summed E-state index contributed by atoms with van der Waals surface area (Å²) in [5.74, 6) is 0.425. The highest BCUT2D eigenvalue weighted by molar-refractivity contribution is 9.10. The maximum atomic E-state index is 12.7. The van der Waals surface area contributed by atoms with E-state index in [0.29, 0.717) is 24.1 Å². The molecule has 2 aromatic heterocycles. The fourth-order valence-electron chi connectivity index (χ4n) is 2.86. The Morgan fingerprint density at radius 3 is 2.87 bits per heavy atom. The maximum absolute atomic E-state index is 12.7. The molecule has 0 atom stereocenters. The average molecular weight is 392 g/mol. The van der Waals surface area contributed by atoms with Gasteiger partial charge in [-0.3, -0.25) is 4.79 Å². The zero-order chi connectivity index (χ0) is 16.0. The van der Waals surface area contributed by atoms with E-state index in [4.69, 9.17) is 11.6 Å². The molecule has 1 aliphatic rings. The zero-order valence-corrected chi connectivity index (χ0v) is 14.4. The molecule has 23 heavy (non-hydrogen) atoms. The van der Waals surface area contributed by atoms with Crippen molar-refractivity contribution in [2.24, 2.45) is 0 Å². The second kappa shape index (κ2) is 5.62. The summed E-state index contributed by atoms with van der Waals surface area (Å²) in [7, 11) is 0. The van der Waals surface area contributed by atoms with Crippen LogP contribution in [-0.4, -0.2) is 31.9 Å². The Balaban J connectivity index is 1.68. The third kappa shape index (κ3) is 2.52. The first kappa shape index (κ1) is 14.7. The van der Waals surface area contributed by atoms with E-state index >= 15 is 0 Å². The topological polar surface area (TPSA) is 51.0 Å². The monoisotopic (exact) mass is 390 g/mol. The van der Waals surface area contributed by atoms with Gasteiger partial charge in [0.15, 0.2) is 5.82 Å². The summed E-state index contributed by atoms with van der Waals surface area (Å²) in [6, 6.07) is 9.43. The van der Waals surface area contributed by atoms with Crippen LogP contribution in [0.4, 0.5) is 0 Å². The van der Waals surface area contributed by atoms with E-state index in [-0.39, 0.29) is 5.91 Å². The van der Waals surface area contributed by atoms with E-state index in [9.17, 15) is 4.79 Å². The van der Waals surface area contributed by atoms with Crippen molar-refractivity contribution in [1.29, 1.82) is 0 Å². The van der Waals surface area contributed by atoms with Gasteiger partial charge in [-0.15, -0.1) is 0 Å². The van der Waals surface area contributed by atoms with Crippen molar-refractivity contribution in [3.05, 3.63) is 57.5 Å². The van der Waals surface area contributed by atoms with Crippen molar-refractivity contribution >= 4 is 44.5 Å². The molecule has 0 aliphatic carbocycles. The number of hydrogen-bond donors (Lipinski definition) is 0. The smallest absolute Gasteiger partial charge is 0.290 e. The lowest BCUT2D eigenvalue weighted by Crippen LogP contribution is -2.40. The van der Waals surface area contributed by atoms with E-state index in [1.807, 2.05) is 28.8 Å². The van der Waals surface area contributed by atoms with Crippen molar-refractivity contribution in [1.82, 2.24) is 19.4 Å². The molecule has 5 nitrogen and oxygen atoms in total. The van der Waals surface area contributed by atoms with Gasteiger partial charge in [0.25, 0.3) is 5.91 Å². The first-order chi connectivity index (χ1) is 11.1. The Kier molecular flexibility index (Phi) is 3.58. The Morgan fingerprint density at radius 2 is 2.09 bits per heavy atom. The van der Waals surface area contributed by atoms with Gasteiger partial charge in [0.2, 0.25) is 0 Å². The number of halogens is 2. The van der Waals surface area contributed by atoms with E-state index in [0.717, 1.165) is 27.6 Å². The van der Waals surface area contributed by atoms with Gasteiger partial charge in [0.05, 0.1) is 11.0 Å². The highest BCUT2D eigenvalue weighted by atomic mass is 79.9. The molecule has 4 rings (SSSR count). The standard InChI is InChI=1S/C16H12BrClN4O/c17-11-2-1-3-12-14(11)22-7-6-21(16(23)15(22)20-12)9-10-4-5-13(18)19-8-10/h1-5,8H,6-7,9H2. The molecule has 3 aromatic rings. The predicted octanol–water partition coefficient (Wildman–Crippen LogP) is 3.50. The molecule has 1 amide bonds. The maximum Gasteiger partial charge on any atom is 0.290 e. The number of carbonyl (C=O) groups is 1. The van der Waals surface area contributed by atoms with Gasteiger partial charge in [-0.1, -0.05) is 23.7 Å². The largest absolute Gasteiger partial charge is 0.330 e. The number of hydrogen-bond acceptors (Lipinski definition) is 3. The molecular weight excluding hydrogens is 380 g/mol. The van der Waals surface area contributed by atoms with Crippen LogP contribution in [0.1, 0.15) is 16.2 Å². The molecule has 1 aliphatic heterocycles. The molecule has 1 aromatic carbocycles. The van der Waals surface area contributed by atoms with E-state index in [2.05, 4.69) is 25.9 Å². The van der Waals surface area contributed by atoms with Gasteiger partial charge in [0.1, 0.15) is 5.15 Å².